The zero-order chi connectivity index (χ0) is 12.8. The summed E-state index contributed by atoms with van der Waals surface area (Å²) in [5.41, 5.74) is 6.14. The van der Waals surface area contributed by atoms with Crippen LogP contribution in [0.25, 0.3) is 0 Å². The maximum atomic E-state index is 6.14. The molecule has 2 N–H and O–H groups in total. The predicted molar refractivity (Wildman–Crippen MR) is 74.3 cm³/mol. The van der Waals surface area contributed by atoms with E-state index in [0.29, 0.717) is 12.1 Å². The smallest absolute Gasteiger partial charge is 0.191 e. The lowest BCUT2D eigenvalue weighted by atomic mass is 10.2. The van der Waals surface area contributed by atoms with Crippen molar-refractivity contribution in [3.63, 3.8) is 0 Å². The molecule has 1 aliphatic carbocycles. The fourth-order valence-corrected chi connectivity index (χ4v) is 2.62. The SMILES string of the molecule is CCN(C(N)=NC1CCCC1)C(C)CN(C)C. The van der Waals surface area contributed by atoms with E-state index in [1.807, 2.05) is 0 Å². The number of nitrogens with two attached hydrogens (primary N) is 1. The highest BCUT2D eigenvalue weighted by Crippen LogP contribution is 2.21. The van der Waals surface area contributed by atoms with Crippen molar-refractivity contribution >= 4 is 5.96 Å². The Bertz CT molecular complexity index is 244. The maximum Gasteiger partial charge on any atom is 0.191 e. The molecular weight excluding hydrogens is 212 g/mol. The molecule has 0 amide bonds. The van der Waals surface area contributed by atoms with Gasteiger partial charge in [-0.15, -0.1) is 0 Å². The molecule has 0 aromatic carbocycles. The lowest BCUT2D eigenvalue weighted by molar-refractivity contribution is 0.261. The lowest BCUT2D eigenvalue weighted by Crippen LogP contribution is -2.47. The highest BCUT2D eigenvalue weighted by molar-refractivity contribution is 5.78. The van der Waals surface area contributed by atoms with Crippen LogP contribution in [-0.4, -0.2) is 55.0 Å². The molecule has 1 atom stereocenters. The van der Waals surface area contributed by atoms with Crippen LogP contribution in [0, 0.1) is 0 Å². The molecule has 1 saturated carbocycles. The highest BCUT2D eigenvalue weighted by Gasteiger charge is 2.18. The van der Waals surface area contributed by atoms with Crippen LogP contribution in [0.15, 0.2) is 4.99 Å². The van der Waals surface area contributed by atoms with Crippen molar-refractivity contribution in [3.8, 4) is 0 Å². The average molecular weight is 240 g/mol. The Labute approximate surface area is 106 Å². The molecule has 0 radical (unpaired) electrons. The van der Waals surface area contributed by atoms with Gasteiger partial charge in [0.05, 0.1) is 6.04 Å². The van der Waals surface area contributed by atoms with Crippen molar-refractivity contribution in [1.82, 2.24) is 9.80 Å². The van der Waals surface area contributed by atoms with Crippen molar-refractivity contribution in [3.05, 3.63) is 0 Å². The second-order valence-electron chi connectivity index (χ2n) is 5.32. The van der Waals surface area contributed by atoms with E-state index in [4.69, 9.17) is 5.73 Å². The van der Waals surface area contributed by atoms with Crippen molar-refractivity contribution in [2.75, 3.05) is 27.2 Å². The Hall–Kier alpha value is -0.770. The fraction of sp³-hybridized carbons (Fsp3) is 0.923. The van der Waals surface area contributed by atoms with Crippen LogP contribution in [0.3, 0.4) is 0 Å². The molecule has 1 unspecified atom stereocenters. The van der Waals surface area contributed by atoms with E-state index in [1.165, 1.54) is 25.7 Å². The number of likely N-dealkylation sites (N-methyl/N-ethyl adjacent to an activating group) is 2. The van der Waals surface area contributed by atoms with Crippen molar-refractivity contribution in [2.45, 2.75) is 51.6 Å². The summed E-state index contributed by atoms with van der Waals surface area (Å²) < 4.78 is 0. The van der Waals surface area contributed by atoms with E-state index in [0.717, 1.165) is 19.0 Å². The molecule has 0 heterocycles. The Kier molecular flexibility index (Phi) is 5.75. The zero-order valence-electron chi connectivity index (χ0n) is 11.8. The molecule has 1 rings (SSSR count). The molecule has 17 heavy (non-hydrogen) atoms. The van der Waals surface area contributed by atoms with Gasteiger partial charge in [0.2, 0.25) is 0 Å². The summed E-state index contributed by atoms with van der Waals surface area (Å²) in [7, 11) is 4.18. The number of rotatable bonds is 5. The largest absolute Gasteiger partial charge is 0.370 e. The third-order valence-corrected chi connectivity index (χ3v) is 3.44. The van der Waals surface area contributed by atoms with Crippen LogP contribution >= 0.6 is 0 Å². The summed E-state index contributed by atoms with van der Waals surface area (Å²) >= 11 is 0. The van der Waals surface area contributed by atoms with Crippen LogP contribution in [-0.2, 0) is 0 Å². The summed E-state index contributed by atoms with van der Waals surface area (Å²) in [6.45, 7) is 6.29. The van der Waals surface area contributed by atoms with Crippen LogP contribution in [0.5, 0.6) is 0 Å². The van der Waals surface area contributed by atoms with Crippen LogP contribution in [0.4, 0.5) is 0 Å². The summed E-state index contributed by atoms with van der Waals surface area (Å²) in [6.07, 6.45) is 5.03. The quantitative estimate of drug-likeness (QED) is 0.585. The van der Waals surface area contributed by atoms with Gasteiger partial charge in [0.15, 0.2) is 5.96 Å². The molecule has 1 aliphatic rings. The number of hydrogen-bond donors (Lipinski definition) is 1. The Morgan fingerprint density at radius 1 is 1.35 bits per heavy atom. The van der Waals surface area contributed by atoms with E-state index in [9.17, 15) is 0 Å². The minimum atomic E-state index is 0.417. The van der Waals surface area contributed by atoms with E-state index in [2.05, 4.69) is 42.7 Å². The molecule has 4 nitrogen and oxygen atoms in total. The van der Waals surface area contributed by atoms with E-state index < -0.39 is 0 Å². The molecular formula is C13H28N4. The Balaban J connectivity index is 2.58. The van der Waals surface area contributed by atoms with Gasteiger partial charge in [0.25, 0.3) is 0 Å². The van der Waals surface area contributed by atoms with Gasteiger partial charge in [0, 0.05) is 19.1 Å². The van der Waals surface area contributed by atoms with Gasteiger partial charge < -0.3 is 15.5 Å². The third-order valence-electron chi connectivity index (χ3n) is 3.44. The topological polar surface area (TPSA) is 44.9 Å². The molecule has 4 heteroatoms. The Morgan fingerprint density at radius 3 is 2.41 bits per heavy atom. The summed E-state index contributed by atoms with van der Waals surface area (Å²) in [5.74, 6) is 0.730. The molecule has 1 fully saturated rings. The first-order valence-electron chi connectivity index (χ1n) is 6.79. The van der Waals surface area contributed by atoms with E-state index in [1.54, 1.807) is 0 Å². The zero-order valence-corrected chi connectivity index (χ0v) is 11.8. The van der Waals surface area contributed by atoms with Crippen LogP contribution in [0.2, 0.25) is 0 Å². The van der Waals surface area contributed by atoms with Gasteiger partial charge in [0.1, 0.15) is 0 Å². The van der Waals surface area contributed by atoms with Gasteiger partial charge in [-0.25, -0.2) is 4.99 Å². The molecule has 0 saturated heterocycles. The van der Waals surface area contributed by atoms with Gasteiger partial charge in [-0.1, -0.05) is 12.8 Å². The first kappa shape index (κ1) is 14.3. The van der Waals surface area contributed by atoms with E-state index in [-0.39, 0.29) is 0 Å². The standard InChI is InChI=1S/C13H28N4/c1-5-17(11(2)10-16(3)4)13(14)15-12-8-6-7-9-12/h11-12H,5-10H2,1-4H3,(H2,14,15). The molecule has 100 valence electrons. The predicted octanol–water partition coefficient (Wildman–Crippen LogP) is 1.52. The number of nitrogens with zero attached hydrogens (tertiary/aromatic N) is 3. The molecule has 0 aromatic rings. The lowest BCUT2D eigenvalue weighted by Gasteiger charge is -2.31. The first-order valence-corrected chi connectivity index (χ1v) is 6.79. The highest BCUT2D eigenvalue weighted by atomic mass is 15.3. The Morgan fingerprint density at radius 2 is 1.94 bits per heavy atom. The summed E-state index contributed by atoms with van der Waals surface area (Å²) in [6, 6.07) is 0.885. The second-order valence-corrected chi connectivity index (χ2v) is 5.32. The van der Waals surface area contributed by atoms with Crippen molar-refractivity contribution < 1.29 is 0 Å². The monoisotopic (exact) mass is 240 g/mol. The average Bonchev–Trinajstić information content (AvgIpc) is 2.70. The molecule has 0 aromatic heterocycles. The number of hydrogen-bond acceptors (Lipinski definition) is 2. The minimum Gasteiger partial charge on any atom is -0.370 e. The van der Waals surface area contributed by atoms with Crippen LogP contribution in [0.1, 0.15) is 39.5 Å². The second kappa shape index (κ2) is 6.84. The third kappa shape index (κ3) is 4.54. The minimum absolute atomic E-state index is 0.417. The van der Waals surface area contributed by atoms with Crippen LogP contribution < -0.4 is 5.73 Å². The van der Waals surface area contributed by atoms with Gasteiger partial charge >= 0.3 is 0 Å². The number of aliphatic imine (C=N–C) groups is 1. The first-order chi connectivity index (χ1) is 8.04. The number of guanidine groups is 1. The van der Waals surface area contributed by atoms with Crippen molar-refractivity contribution in [2.24, 2.45) is 10.7 Å². The molecule has 0 bridgehead atoms. The molecule has 0 aliphatic heterocycles. The fourth-order valence-electron chi connectivity index (χ4n) is 2.62. The van der Waals surface area contributed by atoms with Gasteiger partial charge in [-0.2, -0.15) is 0 Å². The summed E-state index contributed by atoms with van der Waals surface area (Å²) in [4.78, 5) is 9.07. The maximum absolute atomic E-state index is 6.14. The van der Waals surface area contributed by atoms with Gasteiger partial charge in [-0.3, -0.25) is 0 Å². The van der Waals surface area contributed by atoms with Crippen molar-refractivity contribution in [1.29, 1.82) is 0 Å². The molecule has 0 spiro atoms. The normalized spacial score (nSPS) is 19.9. The van der Waals surface area contributed by atoms with Gasteiger partial charge in [-0.05, 0) is 40.8 Å². The summed E-state index contributed by atoms with van der Waals surface area (Å²) in [5, 5.41) is 0. The van der Waals surface area contributed by atoms with E-state index >= 15 is 0 Å².